The first-order valence-corrected chi connectivity index (χ1v) is 8.16. The Morgan fingerprint density at radius 2 is 2.10 bits per heavy atom. The first-order chi connectivity index (χ1) is 9.53. The topological polar surface area (TPSA) is 24.9 Å². The monoisotopic (exact) mass is 274 g/mol. The Labute approximate surface area is 124 Å². The van der Waals surface area contributed by atoms with E-state index < -0.39 is 0 Å². The molecule has 0 amide bonds. The zero-order chi connectivity index (χ0) is 14.6. The quantitative estimate of drug-likeness (QED) is 0.875. The third-order valence-electron chi connectivity index (χ3n) is 4.95. The molecule has 0 saturated heterocycles. The predicted molar refractivity (Wildman–Crippen MR) is 85.7 cm³/mol. The van der Waals surface area contributed by atoms with Crippen molar-refractivity contribution in [1.82, 2.24) is 10.3 Å². The van der Waals surface area contributed by atoms with Crippen molar-refractivity contribution in [1.29, 1.82) is 0 Å². The summed E-state index contributed by atoms with van der Waals surface area (Å²) in [6, 6.07) is 6.93. The number of rotatable bonds is 5. The molecule has 20 heavy (non-hydrogen) atoms. The highest BCUT2D eigenvalue weighted by Crippen LogP contribution is 2.42. The summed E-state index contributed by atoms with van der Waals surface area (Å²) in [5, 5.41) is 3.74. The molecule has 1 aliphatic carbocycles. The minimum Gasteiger partial charge on any atom is -0.314 e. The second-order valence-electron chi connectivity index (χ2n) is 7.18. The number of aromatic nitrogens is 1. The van der Waals surface area contributed by atoms with Crippen LogP contribution < -0.4 is 5.32 Å². The first kappa shape index (κ1) is 15.5. The molecule has 2 rings (SSSR count). The lowest BCUT2D eigenvalue weighted by atomic mass is 9.64. The maximum atomic E-state index is 4.52. The van der Waals surface area contributed by atoms with E-state index in [4.69, 9.17) is 0 Å². The minimum atomic E-state index is 0.307. The van der Waals surface area contributed by atoms with Crippen molar-refractivity contribution in [3.8, 4) is 0 Å². The van der Waals surface area contributed by atoms with Crippen LogP contribution in [0.2, 0.25) is 0 Å². The molecule has 0 bridgehead atoms. The standard InChI is InChI=1S/C18H30N2/c1-5-19-17-12-14(2)9-10-16(17)18(3,4)13-15-8-6-7-11-20-15/h6-8,11,14,16-17,19H,5,9-10,12-13H2,1-4H3. The smallest absolute Gasteiger partial charge is 0.0409 e. The Bertz CT molecular complexity index is 399. The molecule has 0 aromatic carbocycles. The summed E-state index contributed by atoms with van der Waals surface area (Å²) in [6.45, 7) is 10.5. The van der Waals surface area contributed by atoms with Crippen molar-refractivity contribution >= 4 is 0 Å². The fourth-order valence-corrected chi connectivity index (χ4v) is 3.90. The van der Waals surface area contributed by atoms with Gasteiger partial charge in [0.2, 0.25) is 0 Å². The van der Waals surface area contributed by atoms with E-state index in [1.54, 1.807) is 0 Å². The largest absolute Gasteiger partial charge is 0.314 e. The number of hydrogen-bond donors (Lipinski definition) is 1. The Morgan fingerprint density at radius 1 is 1.30 bits per heavy atom. The van der Waals surface area contributed by atoms with Crippen molar-refractivity contribution in [2.45, 2.75) is 59.4 Å². The van der Waals surface area contributed by atoms with Crippen LogP contribution in [-0.4, -0.2) is 17.6 Å². The van der Waals surface area contributed by atoms with Crippen LogP contribution >= 0.6 is 0 Å². The average Bonchev–Trinajstić information content (AvgIpc) is 2.39. The molecule has 1 aliphatic rings. The van der Waals surface area contributed by atoms with Gasteiger partial charge in [0.25, 0.3) is 0 Å². The van der Waals surface area contributed by atoms with Crippen molar-refractivity contribution in [2.24, 2.45) is 17.3 Å². The van der Waals surface area contributed by atoms with Crippen LogP contribution in [0, 0.1) is 17.3 Å². The van der Waals surface area contributed by atoms with E-state index in [0.717, 1.165) is 24.8 Å². The average molecular weight is 274 g/mol. The zero-order valence-corrected chi connectivity index (χ0v) is 13.5. The van der Waals surface area contributed by atoms with E-state index in [1.165, 1.54) is 25.0 Å². The van der Waals surface area contributed by atoms with Gasteiger partial charge in [0, 0.05) is 17.9 Å². The maximum absolute atomic E-state index is 4.52. The lowest BCUT2D eigenvalue weighted by Gasteiger charge is -2.44. The van der Waals surface area contributed by atoms with Gasteiger partial charge in [0.05, 0.1) is 0 Å². The van der Waals surface area contributed by atoms with Gasteiger partial charge in [0.1, 0.15) is 0 Å². The molecule has 1 saturated carbocycles. The molecule has 0 spiro atoms. The second-order valence-corrected chi connectivity index (χ2v) is 7.18. The van der Waals surface area contributed by atoms with E-state index in [1.807, 2.05) is 12.3 Å². The molecule has 112 valence electrons. The van der Waals surface area contributed by atoms with E-state index >= 15 is 0 Å². The molecule has 1 aromatic rings. The number of nitrogens with zero attached hydrogens (tertiary/aromatic N) is 1. The first-order valence-electron chi connectivity index (χ1n) is 8.16. The van der Waals surface area contributed by atoms with Gasteiger partial charge in [-0.15, -0.1) is 0 Å². The SMILES string of the molecule is CCNC1CC(C)CCC1C(C)(C)Cc1ccccn1. The molecule has 3 atom stereocenters. The second kappa shape index (κ2) is 6.71. The van der Waals surface area contributed by atoms with E-state index in [-0.39, 0.29) is 0 Å². The van der Waals surface area contributed by atoms with Crippen molar-refractivity contribution in [2.75, 3.05) is 6.54 Å². The summed E-state index contributed by atoms with van der Waals surface area (Å²) in [5.41, 5.74) is 1.53. The van der Waals surface area contributed by atoms with E-state index in [0.29, 0.717) is 11.5 Å². The number of pyridine rings is 1. The van der Waals surface area contributed by atoms with Crippen LogP contribution in [0.25, 0.3) is 0 Å². The molecular formula is C18H30N2. The molecule has 0 radical (unpaired) electrons. The summed E-state index contributed by atoms with van der Waals surface area (Å²) in [6.07, 6.45) is 7.03. The van der Waals surface area contributed by atoms with Gasteiger partial charge in [-0.05, 0) is 55.2 Å². The molecule has 2 heteroatoms. The minimum absolute atomic E-state index is 0.307. The van der Waals surface area contributed by atoms with Crippen molar-refractivity contribution < 1.29 is 0 Å². The van der Waals surface area contributed by atoms with Crippen molar-refractivity contribution in [3.05, 3.63) is 30.1 Å². The van der Waals surface area contributed by atoms with E-state index in [9.17, 15) is 0 Å². The van der Waals surface area contributed by atoms with Crippen LogP contribution in [0.4, 0.5) is 0 Å². The zero-order valence-electron chi connectivity index (χ0n) is 13.5. The normalized spacial score (nSPS) is 27.5. The maximum Gasteiger partial charge on any atom is 0.0409 e. The summed E-state index contributed by atoms with van der Waals surface area (Å²) < 4.78 is 0. The van der Waals surface area contributed by atoms with Crippen LogP contribution in [0.3, 0.4) is 0 Å². The van der Waals surface area contributed by atoms with Crippen LogP contribution in [-0.2, 0) is 6.42 Å². The summed E-state index contributed by atoms with van der Waals surface area (Å²) in [7, 11) is 0. The highest BCUT2D eigenvalue weighted by Gasteiger charge is 2.38. The van der Waals surface area contributed by atoms with Crippen LogP contribution in [0.15, 0.2) is 24.4 Å². The highest BCUT2D eigenvalue weighted by atomic mass is 14.9. The number of hydrogen-bond acceptors (Lipinski definition) is 2. The fraction of sp³-hybridized carbons (Fsp3) is 0.722. The molecule has 1 heterocycles. The third kappa shape index (κ3) is 3.82. The van der Waals surface area contributed by atoms with Gasteiger partial charge in [-0.25, -0.2) is 0 Å². The van der Waals surface area contributed by atoms with E-state index in [2.05, 4.69) is 50.1 Å². The Kier molecular flexibility index (Phi) is 5.20. The molecule has 1 aromatic heterocycles. The molecule has 2 nitrogen and oxygen atoms in total. The lowest BCUT2D eigenvalue weighted by molar-refractivity contribution is 0.0942. The predicted octanol–water partition coefficient (Wildman–Crippen LogP) is 4.06. The van der Waals surface area contributed by atoms with Crippen LogP contribution in [0.5, 0.6) is 0 Å². The summed E-state index contributed by atoms with van der Waals surface area (Å²) >= 11 is 0. The molecule has 0 aliphatic heterocycles. The van der Waals surface area contributed by atoms with Gasteiger partial charge < -0.3 is 5.32 Å². The molecule has 3 unspecified atom stereocenters. The Hall–Kier alpha value is -0.890. The summed E-state index contributed by atoms with van der Waals surface area (Å²) in [5.74, 6) is 1.61. The number of nitrogens with one attached hydrogen (secondary N) is 1. The lowest BCUT2D eigenvalue weighted by Crippen LogP contribution is -2.47. The fourth-order valence-electron chi connectivity index (χ4n) is 3.90. The van der Waals surface area contributed by atoms with Gasteiger partial charge in [0.15, 0.2) is 0 Å². The Balaban J connectivity index is 2.09. The highest BCUT2D eigenvalue weighted by molar-refractivity contribution is 5.07. The molecule has 1 N–H and O–H groups in total. The van der Waals surface area contributed by atoms with Crippen molar-refractivity contribution in [3.63, 3.8) is 0 Å². The Morgan fingerprint density at radius 3 is 2.75 bits per heavy atom. The summed E-state index contributed by atoms with van der Waals surface area (Å²) in [4.78, 5) is 4.52. The van der Waals surface area contributed by atoms with Gasteiger partial charge in [-0.2, -0.15) is 0 Å². The third-order valence-corrected chi connectivity index (χ3v) is 4.95. The molecule has 1 fully saturated rings. The van der Waals surface area contributed by atoms with Gasteiger partial charge in [-0.1, -0.05) is 40.2 Å². The van der Waals surface area contributed by atoms with Crippen LogP contribution in [0.1, 0.15) is 52.7 Å². The molecular weight excluding hydrogens is 244 g/mol. The van der Waals surface area contributed by atoms with Gasteiger partial charge in [-0.3, -0.25) is 4.98 Å². The van der Waals surface area contributed by atoms with Gasteiger partial charge >= 0.3 is 0 Å².